The van der Waals surface area contributed by atoms with Crippen molar-refractivity contribution in [1.29, 1.82) is 0 Å². The molecule has 4 nitrogen and oxygen atoms in total. The van der Waals surface area contributed by atoms with E-state index in [0.29, 0.717) is 14.9 Å². The number of amides is 2. The van der Waals surface area contributed by atoms with Gasteiger partial charge in [0.05, 0.1) is 11.9 Å². The van der Waals surface area contributed by atoms with Crippen LogP contribution < -0.4 is 10.6 Å². The molecule has 6 heteroatoms. The summed E-state index contributed by atoms with van der Waals surface area (Å²) >= 11 is 2.98. The third-order valence-electron chi connectivity index (χ3n) is 1.03. The highest BCUT2D eigenvalue weighted by atomic mass is 79.9. The molecule has 0 fully saturated rings. The van der Waals surface area contributed by atoms with Crippen LogP contribution in [0.4, 0.5) is 0 Å². The number of carbonyl (C=O) groups excluding carboxylic acids is 2. The standard InChI is InChI=1S/C6H12BrN2O2P/c1-12-4-9-6(11)3-8-5(10)2-7/h12H,2-4H2,1H3,(H,8,10)(H,9,11). The maximum absolute atomic E-state index is 10.9. The van der Waals surface area contributed by atoms with Gasteiger partial charge < -0.3 is 10.6 Å². The van der Waals surface area contributed by atoms with Gasteiger partial charge in [-0.25, -0.2) is 0 Å². The largest absolute Gasteiger partial charge is 0.351 e. The summed E-state index contributed by atoms with van der Waals surface area (Å²) in [6.07, 6.45) is 0.684. The van der Waals surface area contributed by atoms with Crippen molar-refractivity contribution in [2.24, 2.45) is 0 Å². The summed E-state index contributed by atoms with van der Waals surface area (Å²) in [5.41, 5.74) is 0. The molecule has 2 amide bonds. The van der Waals surface area contributed by atoms with Crippen molar-refractivity contribution < 1.29 is 9.59 Å². The minimum Gasteiger partial charge on any atom is -0.351 e. The average molecular weight is 255 g/mol. The summed E-state index contributed by atoms with van der Waals surface area (Å²) in [7, 11) is 0.696. The molecule has 0 aliphatic heterocycles. The fourth-order valence-electron chi connectivity index (χ4n) is 0.476. The van der Waals surface area contributed by atoms with Crippen LogP contribution in [-0.4, -0.2) is 36.6 Å². The zero-order valence-electron chi connectivity index (χ0n) is 6.82. The summed E-state index contributed by atoms with van der Waals surface area (Å²) in [6, 6.07) is 0. The molecular formula is C6H12BrN2O2P. The van der Waals surface area contributed by atoms with Gasteiger partial charge in [0.2, 0.25) is 11.8 Å². The normalized spacial score (nSPS) is 10.2. The van der Waals surface area contributed by atoms with E-state index in [4.69, 9.17) is 0 Å². The molecule has 0 saturated heterocycles. The van der Waals surface area contributed by atoms with Crippen molar-refractivity contribution in [2.75, 3.05) is 24.8 Å². The molecule has 2 N–H and O–H groups in total. The van der Waals surface area contributed by atoms with E-state index in [9.17, 15) is 9.59 Å². The Hall–Kier alpha value is -0.150. The average Bonchev–Trinajstić information content (AvgIpc) is 2.10. The Morgan fingerprint density at radius 1 is 1.33 bits per heavy atom. The van der Waals surface area contributed by atoms with E-state index in [0.717, 1.165) is 0 Å². The van der Waals surface area contributed by atoms with E-state index in [-0.39, 0.29) is 23.7 Å². The first kappa shape index (κ1) is 11.8. The molecule has 70 valence electrons. The van der Waals surface area contributed by atoms with Gasteiger partial charge in [0, 0.05) is 6.29 Å². The summed E-state index contributed by atoms with van der Waals surface area (Å²) in [6.45, 7) is 2.06. The zero-order valence-corrected chi connectivity index (χ0v) is 9.40. The third-order valence-corrected chi connectivity index (χ3v) is 2.07. The van der Waals surface area contributed by atoms with Crippen molar-refractivity contribution in [3.63, 3.8) is 0 Å². The molecule has 0 saturated carbocycles. The third kappa shape index (κ3) is 6.55. The van der Waals surface area contributed by atoms with Gasteiger partial charge in [-0.3, -0.25) is 9.59 Å². The maximum atomic E-state index is 10.9. The lowest BCUT2D eigenvalue weighted by molar-refractivity contribution is -0.124. The molecule has 0 radical (unpaired) electrons. The summed E-state index contributed by atoms with van der Waals surface area (Å²) in [4.78, 5) is 21.5. The van der Waals surface area contributed by atoms with Crippen LogP contribution in [0, 0.1) is 0 Å². The van der Waals surface area contributed by atoms with Crippen molar-refractivity contribution in [3.8, 4) is 0 Å². The molecule has 0 aromatic carbocycles. The first-order valence-electron chi connectivity index (χ1n) is 3.44. The van der Waals surface area contributed by atoms with E-state index < -0.39 is 0 Å². The van der Waals surface area contributed by atoms with Gasteiger partial charge in [-0.15, -0.1) is 8.58 Å². The summed E-state index contributed by atoms with van der Waals surface area (Å²) < 4.78 is 0. The van der Waals surface area contributed by atoms with E-state index in [1.807, 2.05) is 6.66 Å². The molecule has 0 heterocycles. The number of rotatable bonds is 5. The maximum Gasteiger partial charge on any atom is 0.239 e. The van der Waals surface area contributed by atoms with Crippen LogP contribution in [-0.2, 0) is 9.59 Å². The van der Waals surface area contributed by atoms with E-state index in [1.165, 1.54) is 0 Å². The van der Waals surface area contributed by atoms with Crippen molar-refractivity contribution in [1.82, 2.24) is 10.6 Å². The minimum atomic E-state index is -0.177. The van der Waals surface area contributed by atoms with Crippen LogP contribution in [0.3, 0.4) is 0 Å². The molecular weight excluding hydrogens is 243 g/mol. The number of alkyl halides is 1. The van der Waals surface area contributed by atoms with Crippen LogP contribution in [0.15, 0.2) is 0 Å². The van der Waals surface area contributed by atoms with Crippen molar-refractivity contribution in [2.45, 2.75) is 0 Å². The fraction of sp³-hybridized carbons (Fsp3) is 0.667. The topological polar surface area (TPSA) is 58.2 Å². The van der Waals surface area contributed by atoms with E-state index in [2.05, 4.69) is 26.6 Å². The Morgan fingerprint density at radius 2 is 2.00 bits per heavy atom. The predicted octanol–water partition coefficient (Wildman–Crippen LogP) is -0.120. The molecule has 0 aromatic heterocycles. The highest BCUT2D eigenvalue weighted by Gasteiger charge is 2.01. The number of halogens is 1. The molecule has 0 spiro atoms. The zero-order chi connectivity index (χ0) is 9.40. The molecule has 0 rings (SSSR count). The summed E-state index contributed by atoms with van der Waals surface area (Å²) in [5.74, 6) is -0.317. The van der Waals surface area contributed by atoms with Gasteiger partial charge in [-0.1, -0.05) is 15.9 Å². The van der Waals surface area contributed by atoms with Gasteiger partial charge >= 0.3 is 0 Å². The lowest BCUT2D eigenvalue weighted by atomic mass is 10.5. The van der Waals surface area contributed by atoms with Crippen LogP contribution >= 0.6 is 24.5 Å². The highest BCUT2D eigenvalue weighted by molar-refractivity contribution is 9.09. The van der Waals surface area contributed by atoms with Crippen LogP contribution in [0.5, 0.6) is 0 Å². The van der Waals surface area contributed by atoms with Gasteiger partial charge in [-0.2, -0.15) is 0 Å². The Balaban J connectivity index is 3.37. The Labute approximate surface area is 81.8 Å². The number of carbonyl (C=O) groups is 2. The van der Waals surface area contributed by atoms with Crippen LogP contribution in [0.2, 0.25) is 0 Å². The van der Waals surface area contributed by atoms with Crippen molar-refractivity contribution >= 4 is 36.3 Å². The Kier molecular flexibility index (Phi) is 7.40. The lowest BCUT2D eigenvalue weighted by Gasteiger charge is -2.03. The monoisotopic (exact) mass is 254 g/mol. The van der Waals surface area contributed by atoms with Crippen LogP contribution in [0.25, 0.3) is 0 Å². The highest BCUT2D eigenvalue weighted by Crippen LogP contribution is 1.95. The SMILES string of the molecule is CPCNC(=O)CNC(=O)CBr. The Bertz CT molecular complexity index is 166. The van der Waals surface area contributed by atoms with E-state index >= 15 is 0 Å². The molecule has 1 atom stereocenters. The first-order chi connectivity index (χ1) is 5.70. The van der Waals surface area contributed by atoms with Gasteiger partial charge in [0.1, 0.15) is 0 Å². The van der Waals surface area contributed by atoms with Crippen LogP contribution in [0.1, 0.15) is 0 Å². The van der Waals surface area contributed by atoms with Crippen molar-refractivity contribution in [3.05, 3.63) is 0 Å². The quantitative estimate of drug-likeness (QED) is 0.531. The van der Waals surface area contributed by atoms with Gasteiger partial charge in [0.25, 0.3) is 0 Å². The predicted molar refractivity (Wildman–Crippen MR) is 54.1 cm³/mol. The van der Waals surface area contributed by atoms with Gasteiger partial charge in [0.15, 0.2) is 0 Å². The molecule has 0 aliphatic rings. The second-order valence-corrected chi connectivity index (χ2v) is 3.66. The summed E-state index contributed by atoms with van der Waals surface area (Å²) in [5, 5.41) is 5.33. The number of hydrogen-bond acceptors (Lipinski definition) is 2. The molecule has 0 aromatic rings. The Morgan fingerprint density at radius 3 is 2.50 bits per heavy atom. The first-order valence-corrected chi connectivity index (χ1v) is 6.27. The number of nitrogens with one attached hydrogen (secondary N) is 2. The van der Waals surface area contributed by atoms with E-state index in [1.54, 1.807) is 0 Å². The number of hydrogen-bond donors (Lipinski definition) is 2. The smallest absolute Gasteiger partial charge is 0.239 e. The molecule has 0 bridgehead atoms. The molecule has 1 unspecified atom stereocenters. The molecule has 12 heavy (non-hydrogen) atoms. The lowest BCUT2D eigenvalue weighted by Crippen LogP contribution is -2.36. The second-order valence-electron chi connectivity index (χ2n) is 2.04. The minimum absolute atomic E-state index is 0.0644. The van der Waals surface area contributed by atoms with Gasteiger partial charge in [-0.05, 0) is 6.66 Å². The fourth-order valence-corrected chi connectivity index (χ4v) is 1.05. The molecule has 0 aliphatic carbocycles. The second kappa shape index (κ2) is 7.50.